The summed E-state index contributed by atoms with van der Waals surface area (Å²) in [5, 5.41) is 3.40. The normalized spacial score (nSPS) is 19.3. The van der Waals surface area contributed by atoms with E-state index in [9.17, 15) is 9.18 Å². The van der Waals surface area contributed by atoms with E-state index in [4.69, 9.17) is 11.6 Å². The molecule has 2 rings (SSSR count). The standard InChI is InChI=1S/C13H16ClFN2O/c1-16-7-9-4-5-17(8-9)13(18)11-3-2-10(14)6-12(11)15/h2-3,6,9,16H,4-5,7-8H2,1H3/t9-/m1/s1. The lowest BCUT2D eigenvalue weighted by Gasteiger charge is -2.17. The molecule has 1 N–H and O–H groups in total. The second kappa shape index (κ2) is 5.67. The fraction of sp³-hybridized carbons (Fsp3) is 0.462. The third kappa shape index (κ3) is 2.82. The number of likely N-dealkylation sites (tertiary alicyclic amines) is 1. The van der Waals surface area contributed by atoms with E-state index in [-0.39, 0.29) is 11.5 Å². The van der Waals surface area contributed by atoms with Crippen LogP contribution in [0.4, 0.5) is 4.39 Å². The Kier molecular flexibility index (Phi) is 4.19. The van der Waals surface area contributed by atoms with E-state index in [1.54, 1.807) is 11.0 Å². The fourth-order valence-electron chi connectivity index (χ4n) is 2.31. The predicted octanol–water partition coefficient (Wildman–Crippen LogP) is 2.16. The molecule has 98 valence electrons. The third-order valence-electron chi connectivity index (χ3n) is 3.23. The number of amides is 1. The zero-order valence-corrected chi connectivity index (χ0v) is 11.0. The van der Waals surface area contributed by atoms with Crippen molar-refractivity contribution in [3.8, 4) is 0 Å². The molecule has 1 aliphatic rings. The van der Waals surface area contributed by atoms with Crippen molar-refractivity contribution in [3.05, 3.63) is 34.6 Å². The summed E-state index contributed by atoms with van der Waals surface area (Å²) in [6, 6.07) is 4.17. The highest BCUT2D eigenvalue weighted by Crippen LogP contribution is 2.21. The van der Waals surface area contributed by atoms with Crippen LogP contribution in [-0.2, 0) is 0 Å². The number of hydrogen-bond acceptors (Lipinski definition) is 2. The first-order valence-electron chi connectivity index (χ1n) is 6.00. The van der Waals surface area contributed by atoms with Crippen molar-refractivity contribution in [1.29, 1.82) is 0 Å². The van der Waals surface area contributed by atoms with Crippen LogP contribution in [0, 0.1) is 11.7 Å². The van der Waals surface area contributed by atoms with Crippen molar-refractivity contribution in [3.63, 3.8) is 0 Å². The topological polar surface area (TPSA) is 32.3 Å². The summed E-state index contributed by atoms with van der Waals surface area (Å²) in [6.07, 6.45) is 0.960. The van der Waals surface area contributed by atoms with E-state index >= 15 is 0 Å². The van der Waals surface area contributed by atoms with Gasteiger partial charge in [-0.3, -0.25) is 4.79 Å². The molecule has 0 unspecified atom stereocenters. The molecule has 0 radical (unpaired) electrons. The van der Waals surface area contributed by atoms with Gasteiger partial charge in [0.25, 0.3) is 5.91 Å². The number of nitrogens with one attached hydrogen (secondary N) is 1. The molecule has 1 heterocycles. The molecule has 1 saturated heterocycles. The summed E-state index contributed by atoms with van der Waals surface area (Å²) < 4.78 is 13.7. The summed E-state index contributed by atoms with van der Waals surface area (Å²) in [5.74, 6) is -0.346. The van der Waals surface area contributed by atoms with Gasteiger partial charge < -0.3 is 10.2 Å². The van der Waals surface area contributed by atoms with Crippen molar-refractivity contribution in [2.45, 2.75) is 6.42 Å². The Balaban J connectivity index is 2.08. The number of hydrogen-bond donors (Lipinski definition) is 1. The summed E-state index contributed by atoms with van der Waals surface area (Å²) in [5.41, 5.74) is 0.101. The van der Waals surface area contributed by atoms with Crippen LogP contribution in [0.3, 0.4) is 0 Å². The van der Waals surface area contributed by atoms with E-state index in [2.05, 4.69) is 5.32 Å². The Morgan fingerprint density at radius 3 is 3.06 bits per heavy atom. The van der Waals surface area contributed by atoms with Gasteiger partial charge in [-0.25, -0.2) is 4.39 Å². The first kappa shape index (κ1) is 13.3. The molecule has 0 bridgehead atoms. The Morgan fingerprint density at radius 1 is 1.61 bits per heavy atom. The van der Waals surface area contributed by atoms with Gasteiger partial charge in [-0.15, -0.1) is 0 Å². The minimum absolute atomic E-state index is 0.101. The van der Waals surface area contributed by atoms with Crippen molar-refractivity contribution < 1.29 is 9.18 Å². The van der Waals surface area contributed by atoms with Gasteiger partial charge in [-0.1, -0.05) is 11.6 Å². The SMILES string of the molecule is CNC[C@H]1CCN(C(=O)c2ccc(Cl)cc2F)C1. The summed E-state index contributed by atoms with van der Waals surface area (Å²) in [6.45, 7) is 2.25. The van der Waals surface area contributed by atoms with Crippen LogP contribution >= 0.6 is 11.6 Å². The maximum absolute atomic E-state index is 13.7. The molecule has 5 heteroatoms. The monoisotopic (exact) mass is 270 g/mol. The maximum atomic E-state index is 13.7. The lowest BCUT2D eigenvalue weighted by molar-refractivity contribution is 0.0782. The number of carbonyl (C=O) groups is 1. The Hall–Kier alpha value is -1.13. The van der Waals surface area contributed by atoms with Crippen LogP contribution in [0.15, 0.2) is 18.2 Å². The second-order valence-corrected chi connectivity index (χ2v) is 5.02. The van der Waals surface area contributed by atoms with Crippen molar-refractivity contribution >= 4 is 17.5 Å². The zero-order valence-electron chi connectivity index (χ0n) is 10.2. The summed E-state index contributed by atoms with van der Waals surface area (Å²) >= 11 is 5.67. The largest absolute Gasteiger partial charge is 0.338 e. The molecule has 0 aromatic heterocycles. The molecule has 18 heavy (non-hydrogen) atoms. The van der Waals surface area contributed by atoms with Crippen molar-refractivity contribution in [2.75, 3.05) is 26.7 Å². The molecule has 1 aromatic rings. The van der Waals surface area contributed by atoms with E-state index in [1.807, 2.05) is 7.05 Å². The molecule has 0 aliphatic carbocycles. The van der Waals surface area contributed by atoms with Gasteiger partial charge in [0.15, 0.2) is 0 Å². The second-order valence-electron chi connectivity index (χ2n) is 4.59. The lowest BCUT2D eigenvalue weighted by atomic mass is 10.1. The fourth-order valence-corrected chi connectivity index (χ4v) is 2.46. The van der Waals surface area contributed by atoms with Crippen LogP contribution in [0.25, 0.3) is 0 Å². The molecule has 0 spiro atoms. The van der Waals surface area contributed by atoms with Crippen LogP contribution in [-0.4, -0.2) is 37.5 Å². The van der Waals surface area contributed by atoms with E-state index in [0.29, 0.717) is 24.0 Å². The summed E-state index contributed by atoms with van der Waals surface area (Å²) in [7, 11) is 1.89. The van der Waals surface area contributed by atoms with Crippen LogP contribution in [0.2, 0.25) is 5.02 Å². The van der Waals surface area contributed by atoms with Gasteiger partial charge in [0.2, 0.25) is 0 Å². The number of benzene rings is 1. The van der Waals surface area contributed by atoms with Gasteiger partial charge in [0, 0.05) is 18.1 Å². The number of halogens is 2. The zero-order chi connectivity index (χ0) is 13.1. The number of carbonyl (C=O) groups excluding carboxylic acids is 1. The first-order chi connectivity index (χ1) is 8.61. The Labute approximate surface area is 111 Å². The smallest absolute Gasteiger partial charge is 0.256 e. The molecule has 1 aliphatic heterocycles. The molecule has 1 aromatic carbocycles. The van der Waals surface area contributed by atoms with Crippen LogP contribution < -0.4 is 5.32 Å². The quantitative estimate of drug-likeness (QED) is 0.913. The van der Waals surface area contributed by atoms with Crippen molar-refractivity contribution in [1.82, 2.24) is 10.2 Å². The highest BCUT2D eigenvalue weighted by Gasteiger charge is 2.27. The Morgan fingerprint density at radius 2 is 2.39 bits per heavy atom. The number of rotatable bonds is 3. The van der Waals surface area contributed by atoms with Crippen molar-refractivity contribution in [2.24, 2.45) is 5.92 Å². The van der Waals surface area contributed by atoms with Gasteiger partial charge in [-0.2, -0.15) is 0 Å². The molecule has 1 atom stereocenters. The highest BCUT2D eigenvalue weighted by atomic mass is 35.5. The first-order valence-corrected chi connectivity index (χ1v) is 6.38. The molecule has 1 amide bonds. The van der Waals surface area contributed by atoms with E-state index in [0.717, 1.165) is 13.0 Å². The molecule has 0 saturated carbocycles. The average molecular weight is 271 g/mol. The molecular formula is C13H16ClFN2O. The number of nitrogens with zero attached hydrogens (tertiary/aromatic N) is 1. The minimum Gasteiger partial charge on any atom is -0.338 e. The predicted molar refractivity (Wildman–Crippen MR) is 69.3 cm³/mol. The lowest BCUT2D eigenvalue weighted by Crippen LogP contribution is -2.30. The highest BCUT2D eigenvalue weighted by molar-refractivity contribution is 6.30. The molecule has 3 nitrogen and oxygen atoms in total. The van der Waals surface area contributed by atoms with Gasteiger partial charge in [-0.05, 0) is 44.1 Å². The molecular weight excluding hydrogens is 255 g/mol. The Bertz CT molecular complexity index is 453. The van der Waals surface area contributed by atoms with Gasteiger partial charge in [0.1, 0.15) is 5.82 Å². The van der Waals surface area contributed by atoms with Crippen LogP contribution in [0.5, 0.6) is 0 Å². The minimum atomic E-state index is -0.551. The van der Waals surface area contributed by atoms with Gasteiger partial charge in [0.05, 0.1) is 5.56 Å². The van der Waals surface area contributed by atoms with E-state index in [1.165, 1.54) is 12.1 Å². The average Bonchev–Trinajstić information content (AvgIpc) is 2.77. The summed E-state index contributed by atoms with van der Waals surface area (Å²) in [4.78, 5) is 13.9. The molecule has 1 fully saturated rings. The van der Waals surface area contributed by atoms with Gasteiger partial charge >= 0.3 is 0 Å². The third-order valence-corrected chi connectivity index (χ3v) is 3.46. The maximum Gasteiger partial charge on any atom is 0.256 e. The van der Waals surface area contributed by atoms with E-state index < -0.39 is 5.82 Å². The van der Waals surface area contributed by atoms with Crippen LogP contribution in [0.1, 0.15) is 16.8 Å².